The first-order chi connectivity index (χ1) is 10.1. The Morgan fingerprint density at radius 1 is 1.14 bits per heavy atom. The molecule has 0 amide bonds. The minimum absolute atomic E-state index is 0.260. The summed E-state index contributed by atoms with van der Waals surface area (Å²) in [7, 11) is 0. The predicted molar refractivity (Wildman–Crippen MR) is 82.2 cm³/mol. The van der Waals surface area contributed by atoms with E-state index in [0.29, 0.717) is 17.9 Å². The van der Waals surface area contributed by atoms with Gasteiger partial charge >= 0.3 is 0 Å². The third-order valence-corrected chi connectivity index (χ3v) is 3.32. The SMILES string of the molecule is C[C@H](O)c1ccc(F)cc1OCCOc1cccc(Br)c1. The van der Waals surface area contributed by atoms with Crippen LogP contribution in [0, 0.1) is 5.82 Å². The van der Waals surface area contributed by atoms with Crippen molar-refractivity contribution in [2.24, 2.45) is 0 Å². The summed E-state index contributed by atoms with van der Waals surface area (Å²) in [6, 6.07) is 11.6. The Hall–Kier alpha value is -1.59. The number of aliphatic hydroxyl groups excluding tert-OH is 1. The Morgan fingerprint density at radius 2 is 1.90 bits per heavy atom. The normalized spacial score (nSPS) is 12.0. The second kappa shape index (κ2) is 7.43. The van der Waals surface area contributed by atoms with E-state index in [0.717, 1.165) is 10.2 Å². The molecular weight excluding hydrogens is 339 g/mol. The maximum absolute atomic E-state index is 13.2. The number of hydrogen-bond acceptors (Lipinski definition) is 3. The van der Waals surface area contributed by atoms with Gasteiger partial charge in [0.15, 0.2) is 0 Å². The van der Waals surface area contributed by atoms with Crippen molar-refractivity contribution in [3.63, 3.8) is 0 Å². The topological polar surface area (TPSA) is 38.7 Å². The molecule has 0 bridgehead atoms. The molecule has 0 saturated heterocycles. The third-order valence-electron chi connectivity index (χ3n) is 2.83. The number of halogens is 2. The maximum atomic E-state index is 13.2. The number of aliphatic hydroxyl groups is 1. The zero-order valence-electron chi connectivity index (χ0n) is 11.6. The summed E-state index contributed by atoms with van der Waals surface area (Å²) in [5.41, 5.74) is 0.554. The van der Waals surface area contributed by atoms with E-state index in [9.17, 15) is 9.50 Å². The lowest BCUT2D eigenvalue weighted by atomic mass is 10.1. The lowest BCUT2D eigenvalue weighted by molar-refractivity contribution is 0.181. The first-order valence-electron chi connectivity index (χ1n) is 6.55. The molecule has 21 heavy (non-hydrogen) atoms. The molecule has 0 saturated carbocycles. The van der Waals surface area contributed by atoms with Crippen LogP contribution in [0.25, 0.3) is 0 Å². The smallest absolute Gasteiger partial charge is 0.128 e. The highest BCUT2D eigenvalue weighted by Crippen LogP contribution is 2.26. The van der Waals surface area contributed by atoms with Crippen molar-refractivity contribution in [3.8, 4) is 11.5 Å². The van der Waals surface area contributed by atoms with Gasteiger partial charge < -0.3 is 14.6 Å². The van der Waals surface area contributed by atoms with Crippen molar-refractivity contribution < 1.29 is 19.0 Å². The molecule has 0 fully saturated rings. The highest BCUT2D eigenvalue weighted by atomic mass is 79.9. The van der Waals surface area contributed by atoms with Crippen LogP contribution in [0.2, 0.25) is 0 Å². The summed E-state index contributed by atoms with van der Waals surface area (Å²) >= 11 is 3.36. The molecule has 0 heterocycles. The highest BCUT2D eigenvalue weighted by molar-refractivity contribution is 9.10. The molecule has 0 aliphatic rings. The molecule has 0 aromatic heterocycles. The van der Waals surface area contributed by atoms with Crippen LogP contribution >= 0.6 is 15.9 Å². The largest absolute Gasteiger partial charge is 0.490 e. The van der Waals surface area contributed by atoms with Gasteiger partial charge in [0.1, 0.15) is 30.5 Å². The van der Waals surface area contributed by atoms with Crippen LogP contribution in [0.4, 0.5) is 4.39 Å². The van der Waals surface area contributed by atoms with Crippen molar-refractivity contribution in [2.75, 3.05) is 13.2 Å². The minimum atomic E-state index is -0.716. The van der Waals surface area contributed by atoms with Crippen LogP contribution < -0.4 is 9.47 Å². The molecule has 2 rings (SSSR count). The lowest BCUT2D eigenvalue weighted by Gasteiger charge is -2.14. The number of benzene rings is 2. The summed E-state index contributed by atoms with van der Waals surface area (Å²) in [5.74, 6) is 0.660. The van der Waals surface area contributed by atoms with Crippen LogP contribution in [0.15, 0.2) is 46.9 Å². The van der Waals surface area contributed by atoms with Gasteiger partial charge in [-0.25, -0.2) is 4.39 Å². The van der Waals surface area contributed by atoms with E-state index < -0.39 is 11.9 Å². The first kappa shape index (κ1) is 15.8. The minimum Gasteiger partial charge on any atom is -0.490 e. The Kier molecular flexibility index (Phi) is 5.59. The van der Waals surface area contributed by atoms with Gasteiger partial charge in [-0.1, -0.05) is 22.0 Å². The van der Waals surface area contributed by atoms with Crippen molar-refractivity contribution >= 4 is 15.9 Å². The van der Waals surface area contributed by atoms with Crippen molar-refractivity contribution in [1.29, 1.82) is 0 Å². The summed E-state index contributed by atoms with van der Waals surface area (Å²) < 4.78 is 25.2. The molecule has 1 atom stereocenters. The fourth-order valence-electron chi connectivity index (χ4n) is 1.85. The van der Waals surface area contributed by atoms with Gasteiger partial charge in [-0.05, 0) is 37.3 Å². The molecule has 112 valence electrons. The van der Waals surface area contributed by atoms with Gasteiger partial charge in [0.05, 0.1) is 6.10 Å². The molecule has 2 aromatic carbocycles. The zero-order valence-corrected chi connectivity index (χ0v) is 13.1. The fourth-order valence-corrected chi connectivity index (χ4v) is 2.22. The van der Waals surface area contributed by atoms with Gasteiger partial charge in [0, 0.05) is 16.1 Å². The van der Waals surface area contributed by atoms with Gasteiger partial charge in [0.2, 0.25) is 0 Å². The predicted octanol–water partition coefficient (Wildman–Crippen LogP) is 4.10. The average Bonchev–Trinajstić information content (AvgIpc) is 2.43. The number of ether oxygens (including phenoxy) is 2. The second-order valence-corrected chi connectivity index (χ2v) is 5.43. The molecule has 0 spiro atoms. The lowest BCUT2D eigenvalue weighted by Crippen LogP contribution is -2.10. The average molecular weight is 355 g/mol. The van der Waals surface area contributed by atoms with E-state index >= 15 is 0 Å². The van der Waals surface area contributed by atoms with Gasteiger partial charge in [-0.15, -0.1) is 0 Å². The first-order valence-corrected chi connectivity index (χ1v) is 7.34. The van der Waals surface area contributed by atoms with E-state index in [1.165, 1.54) is 18.2 Å². The Bertz CT molecular complexity index is 602. The summed E-state index contributed by atoms with van der Waals surface area (Å²) in [6.07, 6.45) is -0.716. The molecule has 0 aliphatic heterocycles. The quantitative estimate of drug-likeness (QED) is 0.793. The number of rotatable bonds is 6. The van der Waals surface area contributed by atoms with Gasteiger partial charge in [-0.2, -0.15) is 0 Å². The standard InChI is InChI=1S/C16H16BrFO3/c1-11(19)15-6-5-13(18)10-16(15)21-8-7-20-14-4-2-3-12(17)9-14/h2-6,9-11,19H,7-8H2,1H3/t11-/m0/s1. The Morgan fingerprint density at radius 3 is 2.62 bits per heavy atom. The van der Waals surface area contributed by atoms with Crippen LogP contribution in [-0.2, 0) is 0 Å². The maximum Gasteiger partial charge on any atom is 0.128 e. The molecule has 5 heteroatoms. The van der Waals surface area contributed by atoms with E-state index in [1.54, 1.807) is 6.92 Å². The Balaban J connectivity index is 1.90. The van der Waals surface area contributed by atoms with Crippen LogP contribution in [0.3, 0.4) is 0 Å². The van der Waals surface area contributed by atoms with E-state index in [2.05, 4.69) is 15.9 Å². The molecule has 1 N–H and O–H groups in total. The molecule has 0 radical (unpaired) electrons. The highest BCUT2D eigenvalue weighted by Gasteiger charge is 2.10. The van der Waals surface area contributed by atoms with Crippen molar-refractivity contribution in [1.82, 2.24) is 0 Å². The fraction of sp³-hybridized carbons (Fsp3) is 0.250. The monoisotopic (exact) mass is 354 g/mol. The second-order valence-electron chi connectivity index (χ2n) is 4.51. The van der Waals surface area contributed by atoms with E-state index in [1.807, 2.05) is 24.3 Å². The van der Waals surface area contributed by atoms with Crippen LogP contribution in [0.5, 0.6) is 11.5 Å². The summed E-state index contributed by atoms with van der Waals surface area (Å²) in [6.45, 7) is 2.19. The third kappa shape index (κ3) is 4.72. The molecular formula is C16H16BrFO3. The molecule has 3 nitrogen and oxygen atoms in total. The summed E-state index contributed by atoms with van der Waals surface area (Å²) in [5, 5.41) is 9.62. The molecule has 2 aromatic rings. The number of hydrogen-bond donors (Lipinski definition) is 1. The van der Waals surface area contributed by atoms with Crippen LogP contribution in [0.1, 0.15) is 18.6 Å². The van der Waals surface area contributed by atoms with Crippen molar-refractivity contribution in [2.45, 2.75) is 13.0 Å². The van der Waals surface area contributed by atoms with Gasteiger partial charge in [0.25, 0.3) is 0 Å². The van der Waals surface area contributed by atoms with Crippen molar-refractivity contribution in [3.05, 3.63) is 58.3 Å². The van der Waals surface area contributed by atoms with E-state index in [-0.39, 0.29) is 6.61 Å². The van der Waals surface area contributed by atoms with Crippen LogP contribution in [-0.4, -0.2) is 18.3 Å². The van der Waals surface area contributed by atoms with E-state index in [4.69, 9.17) is 9.47 Å². The Labute approximate surface area is 131 Å². The molecule has 0 aliphatic carbocycles. The summed E-state index contributed by atoms with van der Waals surface area (Å²) in [4.78, 5) is 0. The van der Waals surface area contributed by atoms with Gasteiger partial charge in [-0.3, -0.25) is 0 Å². The zero-order chi connectivity index (χ0) is 15.2. The molecule has 0 unspecified atom stereocenters.